The number of benzene rings is 1. The lowest BCUT2D eigenvalue weighted by Crippen LogP contribution is -2.17. The molecule has 2 heterocycles. The van der Waals surface area contributed by atoms with Gasteiger partial charge in [-0.2, -0.15) is 0 Å². The lowest BCUT2D eigenvalue weighted by Gasteiger charge is -2.06. The first-order chi connectivity index (χ1) is 12.9. The Balaban J connectivity index is 1.76. The number of rotatable bonds is 6. The van der Waals surface area contributed by atoms with Crippen molar-refractivity contribution in [3.8, 4) is 0 Å². The van der Waals surface area contributed by atoms with E-state index in [1.807, 2.05) is 24.3 Å². The second-order valence-electron chi connectivity index (χ2n) is 5.99. The second kappa shape index (κ2) is 7.75. The van der Waals surface area contributed by atoms with Crippen molar-refractivity contribution in [2.45, 2.75) is 20.8 Å². The monoisotopic (exact) mass is 385 g/mol. The molecule has 27 heavy (non-hydrogen) atoms. The number of esters is 2. The summed E-state index contributed by atoms with van der Waals surface area (Å²) in [7, 11) is 0. The summed E-state index contributed by atoms with van der Waals surface area (Å²) in [5, 5.41) is 0.947. The zero-order chi connectivity index (χ0) is 19.6. The molecule has 0 radical (unpaired) electrons. The molecule has 0 saturated carbocycles. The number of fused-ring (bicyclic) bond motifs is 1. The molecule has 0 aliphatic carbocycles. The van der Waals surface area contributed by atoms with Gasteiger partial charge in [0.1, 0.15) is 4.88 Å². The van der Waals surface area contributed by atoms with Gasteiger partial charge in [0.05, 0.1) is 17.7 Å². The van der Waals surface area contributed by atoms with Gasteiger partial charge in [-0.3, -0.25) is 4.79 Å². The van der Waals surface area contributed by atoms with Crippen LogP contribution >= 0.6 is 11.3 Å². The highest BCUT2D eigenvalue weighted by Gasteiger charge is 2.26. The SMILES string of the molecule is CCOC(=O)c1c(C)[nH]c(C)c1C(=O)COC(=O)c1cc2ccccc2s1. The molecule has 1 N–H and O–H groups in total. The number of hydrogen-bond donors (Lipinski definition) is 1. The Morgan fingerprint density at radius 2 is 1.70 bits per heavy atom. The van der Waals surface area contributed by atoms with Crippen LogP contribution in [0.3, 0.4) is 0 Å². The van der Waals surface area contributed by atoms with Crippen LogP contribution < -0.4 is 0 Å². The van der Waals surface area contributed by atoms with Gasteiger partial charge in [0, 0.05) is 16.1 Å². The fourth-order valence-electron chi connectivity index (χ4n) is 2.95. The largest absolute Gasteiger partial charge is 0.462 e. The number of Topliss-reactive ketones (excluding diaryl/α,β-unsaturated/α-hetero) is 1. The zero-order valence-electron chi connectivity index (χ0n) is 15.3. The van der Waals surface area contributed by atoms with Crippen LogP contribution in [0, 0.1) is 13.8 Å². The standard InChI is InChI=1S/C20H19NO5S/c1-4-25-20(24)18-12(3)21-11(2)17(18)14(22)10-26-19(23)16-9-13-7-5-6-8-15(13)27-16/h5-9,21H,4,10H2,1-3H3. The maximum atomic E-state index is 12.6. The molecular weight excluding hydrogens is 366 g/mol. The number of ether oxygens (including phenoxy) is 2. The number of hydrogen-bond acceptors (Lipinski definition) is 6. The minimum absolute atomic E-state index is 0.192. The molecular formula is C20H19NO5S. The molecule has 0 saturated heterocycles. The lowest BCUT2D eigenvalue weighted by molar-refractivity contribution is 0.0476. The molecule has 6 nitrogen and oxygen atoms in total. The summed E-state index contributed by atoms with van der Waals surface area (Å²) < 4.78 is 11.2. The highest BCUT2D eigenvalue weighted by Crippen LogP contribution is 2.26. The normalized spacial score (nSPS) is 10.8. The number of aryl methyl sites for hydroxylation is 2. The molecule has 7 heteroatoms. The van der Waals surface area contributed by atoms with Crippen molar-refractivity contribution in [3.63, 3.8) is 0 Å². The summed E-state index contributed by atoms with van der Waals surface area (Å²) >= 11 is 1.31. The predicted molar refractivity (Wildman–Crippen MR) is 103 cm³/mol. The molecule has 3 aromatic rings. The molecule has 0 bridgehead atoms. The van der Waals surface area contributed by atoms with Crippen LogP contribution in [-0.4, -0.2) is 35.9 Å². The van der Waals surface area contributed by atoms with Gasteiger partial charge in [0.2, 0.25) is 5.78 Å². The molecule has 3 rings (SSSR count). The Morgan fingerprint density at radius 3 is 2.41 bits per heavy atom. The maximum Gasteiger partial charge on any atom is 0.348 e. The van der Waals surface area contributed by atoms with Gasteiger partial charge in [-0.05, 0) is 38.3 Å². The van der Waals surface area contributed by atoms with E-state index in [2.05, 4.69) is 4.98 Å². The van der Waals surface area contributed by atoms with E-state index < -0.39 is 24.3 Å². The van der Waals surface area contributed by atoms with Gasteiger partial charge in [-0.15, -0.1) is 11.3 Å². The highest BCUT2D eigenvalue weighted by molar-refractivity contribution is 7.20. The van der Waals surface area contributed by atoms with Crippen molar-refractivity contribution in [2.24, 2.45) is 0 Å². The number of nitrogens with one attached hydrogen (secondary N) is 1. The summed E-state index contributed by atoms with van der Waals surface area (Å²) in [6.07, 6.45) is 0. The van der Waals surface area contributed by atoms with Gasteiger partial charge in [-0.1, -0.05) is 18.2 Å². The topological polar surface area (TPSA) is 85.5 Å². The fraction of sp³-hybridized carbons (Fsp3) is 0.250. The third-order valence-corrected chi connectivity index (χ3v) is 5.19. The molecule has 0 aliphatic heterocycles. The van der Waals surface area contributed by atoms with E-state index in [1.54, 1.807) is 26.8 Å². The van der Waals surface area contributed by atoms with Crippen LogP contribution in [0.4, 0.5) is 0 Å². The number of carbonyl (C=O) groups excluding carboxylic acids is 3. The smallest absolute Gasteiger partial charge is 0.348 e. The quantitative estimate of drug-likeness (QED) is 0.511. The van der Waals surface area contributed by atoms with E-state index in [9.17, 15) is 14.4 Å². The van der Waals surface area contributed by atoms with Crippen molar-refractivity contribution >= 4 is 39.1 Å². The second-order valence-corrected chi connectivity index (χ2v) is 7.08. The van der Waals surface area contributed by atoms with Crippen LogP contribution in [0.1, 0.15) is 48.7 Å². The number of ketones is 1. The highest BCUT2D eigenvalue weighted by atomic mass is 32.1. The Labute approximate surface area is 160 Å². The van der Waals surface area contributed by atoms with Gasteiger partial charge < -0.3 is 14.5 Å². The van der Waals surface area contributed by atoms with E-state index in [0.717, 1.165) is 10.1 Å². The first-order valence-corrected chi connectivity index (χ1v) is 9.29. The molecule has 0 amide bonds. The average molecular weight is 385 g/mol. The van der Waals surface area contributed by atoms with Crippen LogP contribution in [-0.2, 0) is 9.47 Å². The number of aromatic amines is 1. The summed E-state index contributed by atoms with van der Waals surface area (Å²) in [6.45, 7) is 4.84. The minimum Gasteiger partial charge on any atom is -0.462 e. The number of aromatic nitrogens is 1. The summed E-state index contributed by atoms with van der Waals surface area (Å²) in [5.41, 5.74) is 1.48. The van der Waals surface area contributed by atoms with Gasteiger partial charge in [0.25, 0.3) is 0 Å². The summed E-state index contributed by atoms with van der Waals surface area (Å²) in [6, 6.07) is 9.35. The maximum absolute atomic E-state index is 12.6. The van der Waals surface area contributed by atoms with Crippen LogP contribution in [0.25, 0.3) is 10.1 Å². The number of carbonyl (C=O) groups is 3. The zero-order valence-corrected chi connectivity index (χ0v) is 16.1. The first kappa shape index (κ1) is 18.8. The van der Waals surface area contributed by atoms with E-state index >= 15 is 0 Å². The Morgan fingerprint density at radius 1 is 1.00 bits per heavy atom. The average Bonchev–Trinajstić information content (AvgIpc) is 3.19. The van der Waals surface area contributed by atoms with Crippen LogP contribution in [0.15, 0.2) is 30.3 Å². The van der Waals surface area contributed by atoms with Gasteiger partial charge in [0.15, 0.2) is 6.61 Å². The summed E-state index contributed by atoms with van der Waals surface area (Å²) in [4.78, 5) is 40.5. The van der Waals surface area contributed by atoms with E-state index in [0.29, 0.717) is 16.3 Å². The van der Waals surface area contributed by atoms with Crippen molar-refractivity contribution < 1.29 is 23.9 Å². The molecule has 1 aromatic carbocycles. The molecule has 0 aliphatic rings. The number of H-pyrrole nitrogens is 1. The third kappa shape index (κ3) is 3.78. The molecule has 0 fully saturated rings. The molecule has 0 unspecified atom stereocenters. The lowest BCUT2D eigenvalue weighted by atomic mass is 10.1. The Hall–Kier alpha value is -2.93. The Bertz CT molecular complexity index is 997. The van der Waals surface area contributed by atoms with Crippen LogP contribution in [0.2, 0.25) is 0 Å². The summed E-state index contributed by atoms with van der Waals surface area (Å²) in [5.74, 6) is -1.58. The minimum atomic E-state index is -0.571. The third-order valence-electron chi connectivity index (χ3n) is 4.09. The van der Waals surface area contributed by atoms with Crippen molar-refractivity contribution in [1.82, 2.24) is 4.98 Å². The van der Waals surface area contributed by atoms with Gasteiger partial charge >= 0.3 is 11.9 Å². The molecule has 0 spiro atoms. The molecule has 2 aromatic heterocycles. The van der Waals surface area contributed by atoms with Crippen LogP contribution in [0.5, 0.6) is 0 Å². The first-order valence-electron chi connectivity index (χ1n) is 8.47. The van der Waals surface area contributed by atoms with E-state index in [-0.39, 0.29) is 17.7 Å². The fourth-order valence-corrected chi connectivity index (χ4v) is 3.90. The van der Waals surface area contributed by atoms with Crippen molar-refractivity contribution in [3.05, 3.63) is 57.7 Å². The number of thiophene rings is 1. The van der Waals surface area contributed by atoms with Gasteiger partial charge in [-0.25, -0.2) is 9.59 Å². The van der Waals surface area contributed by atoms with Crippen molar-refractivity contribution in [2.75, 3.05) is 13.2 Å². The van der Waals surface area contributed by atoms with E-state index in [1.165, 1.54) is 11.3 Å². The van der Waals surface area contributed by atoms with E-state index in [4.69, 9.17) is 9.47 Å². The Kier molecular flexibility index (Phi) is 5.41. The predicted octanol–water partition coefficient (Wildman–Crippen LogP) is 4.06. The molecule has 0 atom stereocenters. The van der Waals surface area contributed by atoms with Crippen molar-refractivity contribution in [1.29, 1.82) is 0 Å². The molecule has 140 valence electrons.